The first-order valence-electron chi connectivity index (χ1n) is 6.98. The number of aromatic nitrogens is 2. The highest BCUT2D eigenvalue weighted by Gasteiger charge is 2.20. The van der Waals surface area contributed by atoms with Gasteiger partial charge in [-0.05, 0) is 12.3 Å². The van der Waals surface area contributed by atoms with Gasteiger partial charge in [-0.15, -0.1) is 0 Å². The van der Waals surface area contributed by atoms with Gasteiger partial charge in [0.1, 0.15) is 11.6 Å². The molecule has 1 saturated carbocycles. The van der Waals surface area contributed by atoms with E-state index in [4.69, 9.17) is 10.6 Å². The molecule has 1 aromatic rings. The van der Waals surface area contributed by atoms with Crippen molar-refractivity contribution >= 4 is 5.82 Å². The maximum atomic E-state index is 5.74. The van der Waals surface area contributed by atoms with Crippen molar-refractivity contribution in [1.29, 1.82) is 0 Å². The second-order valence-electron chi connectivity index (χ2n) is 6.24. The molecule has 19 heavy (non-hydrogen) atoms. The molecule has 106 valence electrons. The smallest absolute Gasteiger partial charge is 0.218 e. The minimum absolute atomic E-state index is 0.126. The van der Waals surface area contributed by atoms with Gasteiger partial charge in [0.25, 0.3) is 0 Å². The van der Waals surface area contributed by atoms with E-state index in [2.05, 4.69) is 36.2 Å². The monoisotopic (exact) mass is 264 g/mol. The molecular formula is C14H24N4O. The second kappa shape index (κ2) is 5.74. The largest absolute Gasteiger partial charge is 0.478 e. The van der Waals surface area contributed by atoms with Gasteiger partial charge >= 0.3 is 0 Å². The predicted molar refractivity (Wildman–Crippen MR) is 76.0 cm³/mol. The minimum Gasteiger partial charge on any atom is -0.478 e. The lowest BCUT2D eigenvalue weighted by Crippen LogP contribution is -2.20. The van der Waals surface area contributed by atoms with E-state index in [1.54, 1.807) is 6.07 Å². The van der Waals surface area contributed by atoms with Crippen molar-refractivity contribution in [3.05, 3.63) is 11.9 Å². The van der Waals surface area contributed by atoms with Crippen LogP contribution in [0.25, 0.3) is 0 Å². The molecule has 0 aromatic carbocycles. The molecule has 1 fully saturated rings. The maximum Gasteiger partial charge on any atom is 0.218 e. The van der Waals surface area contributed by atoms with E-state index in [0.29, 0.717) is 11.7 Å². The Morgan fingerprint density at radius 3 is 2.63 bits per heavy atom. The van der Waals surface area contributed by atoms with Gasteiger partial charge in [0.2, 0.25) is 5.88 Å². The lowest BCUT2D eigenvalue weighted by molar-refractivity contribution is 0.216. The molecule has 0 spiro atoms. The highest BCUT2D eigenvalue weighted by molar-refractivity contribution is 5.37. The molecule has 5 nitrogen and oxygen atoms in total. The van der Waals surface area contributed by atoms with Crippen LogP contribution in [0.1, 0.15) is 52.3 Å². The Balaban J connectivity index is 2.01. The summed E-state index contributed by atoms with van der Waals surface area (Å²) in [7, 11) is 0. The van der Waals surface area contributed by atoms with Gasteiger partial charge in [0, 0.05) is 11.5 Å². The van der Waals surface area contributed by atoms with Crippen LogP contribution in [0.4, 0.5) is 5.82 Å². The van der Waals surface area contributed by atoms with Crippen molar-refractivity contribution in [2.45, 2.75) is 51.9 Å². The summed E-state index contributed by atoms with van der Waals surface area (Å²) in [6, 6.07) is 1.75. The fourth-order valence-electron chi connectivity index (χ4n) is 2.02. The first kappa shape index (κ1) is 14.1. The highest BCUT2D eigenvalue weighted by Crippen LogP contribution is 2.29. The first-order chi connectivity index (χ1) is 8.99. The average molecular weight is 264 g/mol. The number of nitrogens with zero attached hydrogens (tertiary/aromatic N) is 2. The third-order valence-electron chi connectivity index (χ3n) is 3.52. The van der Waals surface area contributed by atoms with Crippen LogP contribution in [-0.4, -0.2) is 16.6 Å². The predicted octanol–water partition coefficient (Wildman–Crippen LogP) is 2.63. The van der Waals surface area contributed by atoms with Crippen LogP contribution in [0.5, 0.6) is 5.88 Å². The third kappa shape index (κ3) is 3.80. The fraction of sp³-hybridized carbons (Fsp3) is 0.714. The van der Waals surface area contributed by atoms with Crippen LogP contribution >= 0.6 is 0 Å². The summed E-state index contributed by atoms with van der Waals surface area (Å²) < 4.78 is 5.74. The quantitative estimate of drug-likeness (QED) is 0.632. The molecule has 0 atom stereocenters. The Hall–Kier alpha value is -1.36. The molecule has 0 amide bonds. The van der Waals surface area contributed by atoms with E-state index in [1.165, 1.54) is 19.3 Å². The third-order valence-corrected chi connectivity index (χ3v) is 3.52. The Labute approximate surface area is 114 Å². The molecule has 1 aliphatic carbocycles. The molecule has 2 rings (SSSR count). The summed E-state index contributed by atoms with van der Waals surface area (Å²) in [5, 5.41) is 0. The Morgan fingerprint density at radius 2 is 2.11 bits per heavy atom. The van der Waals surface area contributed by atoms with Crippen molar-refractivity contribution in [3.8, 4) is 5.88 Å². The molecule has 0 bridgehead atoms. The van der Waals surface area contributed by atoms with E-state index in [9.17, 15) is 0 Å². The molecule has 3 N–H and O–H groups in total. The number of ether oxygens (including phenoxy) is 1. The molecular weight excluding hydrogens is 240 g/mol. The number of rotatable bonds is 5. The lowest BCUT2D eigenvalue weighted by Gasteiger charge is -2.25. The van der Waals surface area contributed by atoms with E-state index in [1.807, 2.05) is 0 Å². The standard InChI is InChI=1S/C14H24N4O/c1-14(2,3)13-16-11(18-15)9-12(17-13)19-8-7-10-5-4-6-10/h9-10H,4-8,15H2,1-3H3,(H,16,17,18). The van der Waals surface area contributed by atoms with Gasteiger partial charge in [0.15, 0.2) is 0 Å². The topological polar surface area (TPSA) is 73.1 Å². The summed E-state index contributed by atoms with van der Waals surface area (Å²) >= 11 is 0. The minimum atomic E-state index is -0.126. The van der Waals surface area contributed by atoms with Gasteiger partial charge in [-0.25, -0.2) is 10.8 Å². The fourth-order valence-corrected chi connectivity index (χ4v) is 2.02. The number of hydrazine groups is 1. The van der Waals surface area contributed by atoms with Crippen molar-refractivity contribution in [2.24, 2.45) is 11.8 Å². The molecule has 1 heterocycles. The number of hydrogen-bond donors (Lipinski definition) is 2. The first-order valence-corrected chi connectivity index (χ1v) is 6.98. The van der Waals surface area contributed by atoms with E-state index < -0.39 is 0 Å². The highest BCUT2D eigenvalue weighted by atomic mass is 16.5. The van der Waals surface area contributed by atoms with Crippen LogP contribution in [0.15, 0.2) is 6.07 Å². The Bertz CT molecular complexity index is 424. The van der Waals surface area contributed by atoms with Crippen molar-refractivity contribution in [1.82, 2.24) is 9.97 Å². The normalized spacial score (nSPS) is 16.0. The van der Waals surface area contributed by atoms with Crippen molar-refractivity contribution in [3.63, 3.8) is 0 Å². The summed E-state index contributed by atoms with van der Waals surface area (Å²) in [4.78, 5) is 8.83. The number of nitrogens with one attached hydrogen (secondary N) is 1. The second-order valence-corrected chi connectivity index (χ2v) is 6.24. The molecule has 1 aliphatic rings. The molecule has 0 unspecified atom stereocenters. The number of nitrogens with two attached hydrogens (primary N) is 1. The summed E-state index contributed by atoms with van der Waals surface area (Å²) in [5.41, 5.74) is 2.44. The molecule has 0 saturated heterocycles. The van der Waals surface area contributed by atoms with E-state index in [0.717, 1.165) is 24.8 Å². The van der Waals surface area contributed by atoms with Crippen LogP contribution in [0, 0.1) is 5.92 Å². The van der Waals surface area contributed by atoms with Crippen molar-refractivity contribution in [2.75, 3.05) is 12.0 Å². The SMILES string of the molecule is CC(C)(C)c1nc(NN)cc(OCCC2CCC2)n1. The summed E-state index contributed by atoms with van der Waals surface area (Å²) in [6.45, 7) is 6.93. The average Bonchev–Trinajstić information content (AvgIpc) is 2.31. The van der Waals surface area contributed by atoms with Crippen LogP contribution < -0.4 is 16.0 Å². The molecule has 0 radical (unpaired) electrons. The number of anilines is 1. The van der Waals surface area contributed by atoms with Crippen molar-refractivity contribution < 1.29 is 4.74 Å². The molecule has 0 aliphatic heterocycles. The van der Waals surface area contributed by atoms with Gasteiger partial charge in [-0.3, -0.25) is 0 Å². The van der Waals surface area contributed by atoms with Gasteiger partial charge in [-0.2, -0.15) is 4.98 Å². The lowest BCUT2D eigenvalue weighted by atomic mass is 9.83. The Morgan fingerprint density at radius 1 is 1.37 bits per heavy atom. The zero-order valence-electron chi connectivity index (χ0n) is 12.1. The van der Waals surface area contributed by atoms with Crippen LogP contribution in [-0.2, 0) is 5.41 Å². The summed E-state index contributed by atoms with van der Waals surface area (Å²) in [6.07, 6.45) is 5.17. The molecule has 1 aromatic heterocycles. The van der Waals surface area contributed by atoms with E-state index >= 15 is 0 Å². The number of hydrogen-bond acceptors (Lipinski definition) is 5. The Kier molecular flexibility index (Phi) is 4.24. The number of nitrogen functional groups attached to an aromatic ring is 1. The zero-order valence-corrected chi connectivity index (χ0v) is 12.1. The molecule has 5 heteroatoms. The maximum absolute atomic E-state index is 5.74. The van der Waals surface area contributed by atoms with E-state index in [-0.39, 0.29) is 5.41 Å². The van der Waals surface area contributed by atoms with Gasteiger partial charge in [-0.1, -0.05) is 40.0 Å². The summed E-state index contributed by atoms with van der Waals surface area (Å²) in [5.74, 6) is 8.22. The zero-order chi connectivity index (χ0) is 13.9. The van der Waals surface area contributed by atoms with Crippen LogP contribution in [0.2, 0.25) is 0 Å². The van der Waals surface area contributed by atoms with Gasteiger partial charge < -0.3 is 10.2 Å². The van der Waals surface area contributed by atoms with Crippen LogP contribution in [0.3, 0.4) is 0 Å². The van der Waals surface area contributed by atoms with Gasteiger partial charge in [0.05, 0.1) is 6.61 Å².